The normalized spacial score (nSPS) is 17.5. The predicted molar refractivity (Wildman–Crippen MR) is 118 cm³/mol. The first-order valence-corrected chi connectivity index (χ1v) is 10.9. The first-order chi connectivity index (χ1) is 15.1. The number of rotatable bonds is 5. The summed E-state index contributed by atoms with van der Waals surface area (Å²) >= 11 is 0. The number of anilines is 1. The van der Waals surface area contributed by atoms with E-state index in [0.29, 0.717) is 17.1 Å². The van der Waals surface area contributed by atoms with E-state index in [4.69, 9.17) is 0 Å². The molecule has 31 heavy (non-hydrogen) atoms. The van der Waals surface area contributed by atoms with Crippen LogP contribution in [0.5, 0.6) is 0 Å². The van der Waals surface area contributed by atoms with Crippen LogP contribution in [-0.2, 0) is 0 Å². The van der Waals surface area contributed by atoms with Crippen molar-refractivity contribution in [1.29, 1.82) is 0 Å². The van der Waals surface area contributed by atoms with Gasteiger partial charge in [-0.25, -0.2) is 14.5 Å². The largest absolute Gasteiger partial charge is 0.352 e. The Kier molecular flexibility index (Phi) is 4.03. The van der Waals surface area contributed by atoms with E-state index < -0.39 is 0 Å². The third kappa shape index (κ3) is 3.22. The number of aromatic nitrogens is 5. The molecule has 1 aliphatic heterocycles. The summed E-state index contributed by atoms with van der Waals surface area (Å²) in [5.74, 6) is 0.693. The SMILES string of the molecule is CC1(CNc2ncc3c(-c4ccc5ncc(C(=O)N6CCCC6)n5c4)ccn3n2)CC1. The average Bonchev–Trinajstić information content (AvgIpc) is 3.23. The topological polar surface area (TPSA) is 79.8 Å². The fraction of sp³-hybridized carbons (Fsp3) is 0.391. The molecular formula is C23H25N7O. The van der Waals surface area contributed by atoms with Gasteiger partial charge in [0.2, 0.25) is 5.95 Å². The first-order valence-electron chi connectivity index (χ1n) is 10.9. The van der Waals surface area contributed by atoms with E-state index in [9.17, 15) is 4.79 Å². The molecule has 1 saturated carbocycles. The number of carbonyl (C=O) groups excluding carboxylic acids is 1. The molecule has 0 unspecified atom stereocenters. The molecule has 2 fully saturated rings. The monoisotopic (exact) mass is 415 g/mol. The Labute approximate surface area is 179 Å². The summed E-state index contributed by atoms with van der Waals surface area (Å²) in [4.78, 5) is 23.8. The molecule has 8 nitrogen and oxygen atoms in total. The van der Waals surface area contributed by atoms with Crippen molar-refractivity contribution in [2.75, 3.05) is 25.0 Å². The summed E-state index contributed by atoms with van der Waals surface area (Å²) in [6, 6.07) is 6.02. The van der Waals surface area contributed by atoms with Crippen molar-refractivity contribution in [3.8, 4) is 11.1 Å². The van der Waals surface area contributed by atoms with Crippen LogP contribution in [0.4, 0.5) is 5.95 Å². The zero-order valence-corrected chi connectivity index (χ0v) is 17.6. The second-order valence-electron chi connectivity index (χ2n) is 9.09. The molecular weight excluding hydrogens is 390 g/mol. The van der Waals surface area contributed by atoms with Crippen molar-refractivity contribution in [3.63, 3.8) is 0 Å². The predicted octanol–water partition coefficient (Wildman–Crippen LogP) is 3.49. The van der Waals surface area contributed by atoms with Crippen LogP contribution in [0, 0.1) is 5.41 Å². The number of nitrogens with zero attached hydrogens (tertiary/aromatic N) is 6. The molecule has 1 amide bonds. The van der Waals surface area contributed by atoms with Gasteiger partial charge in [-0.2, -0.15) is 0 Å². The van der Waals surface area contributed by atoms with Gasteiger partial charge in [-0.15, -0.1) is 5.10 Å². The Bertz CT molecular complexity index is 1290. The molecule has 0 spiro atoms. The number of amides is 1. The lowest BCUT2D eigenvalue weighted by molar-refractivity contribution is 0.0786. The van der Waals surface area contributed by atoms with Gasteiger partial charge in [0.25, 0.3) is 5.91 Å². The summed E-state index contributed by atoms with van der Waals surface area (Å²) < 4.78 is 3.75. The van der Waals surface area contributed by atoms with Crippen LogP contribution >= 0.6 is 0 Å². The Morgan fingerprint density at radius 2 is 1.97 bits per heavy atom. The van der Waals surface area contributed by atoms with Crippen molar-refractivity contribution >= 4 is 23.0 Å². The van der Waals surface area contributed by atoms with Crippen LogP contribution in [-0.4, -0.2) is 54.4 Å². The molecule has 5 heterocycles. The van der Waals surface area contributed by atoms with Gasteiger partial charge in [-0.3, -0.25) is 9.20 Å². The van der Waals surface area contributed by atoms with Crippen LogP contribution in [0.3, 0.4) is 0 Å². The van der Waals surface area contributed by atoms with Crippen LogP contribution in [0.15, 0.2) is 43.0 Å². The number of fused-ring (bicyclic) bond motifs is 2. The highest BCUT2D eigenvalue weighted by atomic mass is 16.2. The zero-order valence-electron chi connectivity index (χ0n) is 17.6. The van der Waals surface area contributed by atoms with Crippen molar-refractivity contribution in [3.05, 3.63) is 48.7 Å². The molecule has 2 aliphatic rings. The number of carbonyl (C=O) groups is 1. The summed E-state index contributed by atoms with van der Waals surface area (Å²) in [6.07, 6.45) is 12.1. The van der Waals surface area contributed by atoms with Crippen LogP contribution in [0.1, 0.15) is 43.1 Å². The number of pyridine rings is 1. The van der Waals surface area contributed by atoms with E-state index in [-0.39, 0.29) is 5.91 Å². The number of hydrogen-bond acceptors (Lipinski definition) is 5. The summed E-state index contributed by atoms with van der Waals surface area (Å²) in [7, 11) is 0. The molecule has 1 N–H and O–H groups in total. The van der Waals surface area contributed by atoms with Gasteiger partial charge in [0.1, 0.15) is 11.3 Å². The molecule has 1 saturated heterocycles. The first kappa shape index (κ1) is 18.4. The molecule has 158 valence electrons. The van der Waals surface area contributed by atoms with E-state index >= 15 is 0 Å². The third-order valence-corrected chi connectivity index (χ3v) is 6.62. The van der Waals surface area contributed by atoms with Crippen LogP contribution in [0.2, 0.25) is 0 Å². The van der Waals surface area contributed by atoms with Crippen molar-refractivity contribution in [2.24, 2.45) is 5.41 Å². The molecule has 0 atom stereocenters. The Morgan fingerprint density at radius 3 is 2.77 bits per heavy atom. The molecule has 0 bridgehead atoms. The Balaban J connectivity index is 1.33. The second kappa shape index (κ2) is 6.80. The van der Waals surface area contributed by atoms with E-state index in [1.165, 1.54) is 12.8 Å². The maximum absolute atomic E-state index is 12.9. The number of imidazole rings is 1. The molecule has 6 rings (SSSR count). The summed E-state index contributed by atoms with van der Waals surface area (Å²) in [5.41, 5.74) is 4.72. The minimum absolute atomic E-state index is 0.0484. The minimum atomic E-state index is 0.0484. The van der Waals surface area contributed by atoms with Gasteiger partial charge >= 0.3 is 0 Å². The zero-order chi connectivity index (χ0) is 21.0. The highest BCUT2D eigenvalue weighted by Crippen LogP contribution is 2.44. The highest BCUT2D eigenvalue weighted by Gasteiger charge is 2.37. The van der Waals surface area contributed by atoms with Gasteiger partial charge in [-0.05, 0) is 49.3 Å². The van der Waals surface area contributed by atoms with E-state index in [0.717, 1.165) is 54.8 Å². The van der Waals surface area contributed by atoms with Gasteiger partial charge in [0.15, 0.2) is 0 Å². The molecule has 0 radical (unpaired) electrons. The number of nitrogens with one attached hydrogen (secondary N) is 1. The molecule has 1 aliphatic carbocycles. The molecule has 8 heteroatoms. The number of likely N-dealkylation sites (tertiary alicyclic amines) is 1. The van der Waals surface area contributed by atoms with Crippen molar-refractivity contribution < 1.29 is 4.79 Å². The van der Waals surface area contributed by atoms with Gasteiger partial charge in [-0.1, -0.05) is 6.92 Å². The Hall–Kier alpha value is -3.42. The fourth-order valence-electron chi connectivity index (χ4n) is 4.29. The lowest BCUT2D eigenvalue weighted by atomic mass is 10.1. The maximum atomic E-state index is 12.9. The number of hydrogen-bond donors (Lipinski definition) is 1. The van der Waals surface area contributed by atoms with E-state index in [1.807, 2.05) is 50.6 Å². The Morgan fingerprint density at radius 1 is 1.13 bits per heavy atom. The van der Waals surface area contributed by atoms with Gasteiger partial charge < -0.3 is 10.2 Å². The summed E-state index contributed by atoms with van der Waals surface area (Å²) in [6.45, 7) is 4.82. The standard InChI is InChI=1S/C23H25N7O/c1-23(7-8-23)15-26-22-25-12-18-17(6-11-30(18)27-22)16-4-5-20-24-13-19(29(20)14-16)21(31)28-9-2-3-10-28/h4-6,11-14H,2-3,7-10,15H2,1H3,(H,26,27). The van der Waals surface area contributed by atoms with Gasteiger partial charge in [0, 0.05) is 43.2 Å². The van der Waals surface area contributed by atoms with Crippen molar-refractivity contribution in [2.45, 2.75) is 32.6 Å². The minimum Gasteiger partial charge on any atom is -0.352 e. The quantitative estimate of drug-likeness (QED) is 0.540. The maximum Gasteiger partial charge on any atom is 0.272 e. The highest BCUT2D eigenvalue weighted by molar-refractivity contribution is 5.93. The summed E-state index contributed by atoms with van der Waals surface area (Å²) in [5, 5.41) is 7.98. The molecule has 0 aromatic carbocycles. The molecule has 4 aromatic rings. The van der Waals surface area contributed by atoms with E-state index in [1.54, 1.807) is 6.20 Å². The lowest BCUT2D eigenvalue weighted by Crippen LogP contribution is -2.28. The van der Waals surface area contributed by atoms with Crippen LogP contribution in [0.25, 0.3) is 22.3 Å². The average molecular weight is 416 g/mol. The van der Waals surface area contributed by atoms with E-state index in [2.05, 4.69) is 27.3 Å². The second-order valence-corrected chi connectivity index (χ2v) is 9.09. The fourth-order valence-corrected chi connectivity index (χ4v) is 4.29. The van der Waals surface area contributed by atoms with Crippen molar-refractivity contribution in [1.82, 2.24) is 28.9 Å². The van der Waals surface area contributed by atoms with Crippen LogP contribution < -0.4 is 5.32 Å². The lowest BCUT2D eigenvalue weighted by Gasteiger charge is -2.14. The third-order valence-electron chi connectivity index (χ3n) is 6.62. The molecule has 4 aromatic heterocycles. The smallest absolute Gasteiger partial charge is 0.272 e. The van der Waals surface area contributed by atoms with Gasteiger partial charge in [0.05, 0.1) is 17.9 Å².